The molecule has 0 radical (unpaired) electrons. The molecule has 0 bridgehead atoms. The van der Waals surface area contributed by atoms with E-state index in [9.17, 15) is 14.7 Å². The third-order valence-corrected chi connectivity index (χ3v) is 7.74. The highest BCUT2D eigenvalue weighted by molar-refractivity contribution is 6.34. The van der Waals surface area contributed by atoms with Crippen molar-refractivity contribution in [2.45, 2.75) is 50.8 Å². The Morgan fingerprint density at radius 1 is 0.763 bits per heavy atom. The normalized spacial score (nSPS) is 24.0. The van der Waals surface area contributed by atoms with Crippen LogP contribution < -0.4 is 4.90 Å². The fraction of sp³-hybridized carbons (Fsp3) is 0.355. The molecule has 3 aromatic rings. The summed E-state index contributed by atoms with van der Waals surface area (Å²) < 4.78 is 12.9. The lowest BCUT2D eigenvalue weighted by molar-refractivity contribution is -0.253. The average molecular weight is 513 g/mol. The number of fused-ring (bicyclic) bond motifs is 1. The number of anilines is 1. The molecule has 2 saturated heterocycles. The second kappa shape index (κ2) is 10.8. The molecule has 0 unspecified atom stereocenters. The first-order valence-electron chi connectivity index (χ1n) is 13.4. The zero-order chi connectivity index (χ0) is 26.1. The SMILES string of the molecule is O=C1c2ccccc2C(=O)N1c1ccc([C@H]2O[C@@H](CN3CCCCC3)C[C@@H](c3ccc(CO)cc3)O2)cc1. The molecule has 1 N–H and O–H groups in total. The van der Waals surface area contributed by atoms with Gasteiger partial charge in [-0.3, -0.25) is 9.59 Å². The van der Waals surface area contributed by atoms with Crippen LogP contribution in [0.15, 0.2) is 72.8 Å². The van der Waals surface area contributed by atoms with Gasteiger partial charge in [0.15, 0.2) is 6.29 Å². The molecule has 7 heteroatoms. The van der Waals surface area contributed by atoms with Crippen molar-refractivity contribution >= 4 is 17.5 Å². The first kappa shape index (κ1) is 24.9. The minimum Gasteiger partial charge on any atom is -0.392 e. The van der Waals surface area contributed by atoms with Gasteiger partial charge in [-0.15, -0.1) is 0 Å². The summed E-state index contributed by atoms with van der Waals surface area (Å²) in [6.07, 6.45) is 3.76. The number of hydrogen-bond acceptors (Lipinski definition) is 6. The maximum atomic E-state index is 12.9. The summed E-state index contributed by atoms with van der Waals surface area (Å²) in [6.45, 7) is 3.05. The number of benzene rings is 3. The van der Waals surface area contributed by atoms with Crippen LogP contribution in [0.25, 0.3) is 0 Å². The highest BCUT2D eigenvalue weighted by atomic mass is 16.7. The molecular formula is C31H32N2O5. The van der Waals surface area contributed by atoms with Gasteiger partial charge in [0.05, 0.1) is 35.6 Å². The summed E-state index contributed by atoms with van der Waals surface area (Å²) in [6, 6.07) is 22.1. The Balaban J connectivity index is 1.23. The molecule has 0 saturated carbocycles. The number of carbonyl (C=O) groups excluding carboxylic acids is 2. The molecule has 3 aliphatic rings. The van der Waals surface area contributed by atoms with Gasteiger partial charge < -0.3 is 19.5 Å². The molecule has 2 amide bonds. The summed E-state index contributed by atoms with van der Waals surface area (Å²) >= 11 is 0. The topological polar surface area (TPSA) is 79.3 Å². The van der Waals surface area contributed by atoms with Crippen molar-refractivity contribution in [3.05, 3.63) is 101 Å². The van der Waals surface area contributed by atoms with Crippen LogP contribution in [0.5, 0.6) is 0 Å². The van der Waals surface area contributed by atoms with Gasteiger partial charge >= 0.3 is 0 Å². The molecule has 6 rings (SSSR count). The molecule has 0 aliphatic carbocycles. The van der Waals surface area contributed by atoms with Gasteiger partial charge in [-0.05, 0) is 61.3 Å². The van der Waals surface area contributed by atoms with Gasteiger partial charge in [-0.1, -0.05) is 55.0 Å². The van der Waals surface area contributed by atoms with Gasteiger partial charge in [0, 0.05) is 18.5 Å². The monoisotopic (exact) mass is 512 g/mol. The fourth-order valence-corrected chi connectivity index (χ4v) is 5.67. The molecule has 3 aromatic carbocycles. The van der Waals surface area contributed by atoms with Gasteiger partial charge in [-0.2, -0.15) is 0 Å². The second-order valence-electron chi connectivity index (χ2n) is 10.3. The van der Waals surface area contributed by atoms with Gasteiger partial charge in [-0.25, -0.2) is 4.90 Å². The molecular weight excluding hydrogens is 480 g/mol. The lowest BCUT2D eigenvalue weighted by Crippen LogP contribution is -2.41. The van der Waals surface area contributed by atoms with E-state index in [0.29, 0.717) is 16.8 Å². The molecule has 196 valence electrons. The highest BCUT2D eigenvalue weighted by Gasteiger charge is 2.37. The van der Waals surface area contributed by atoms with E-state index >= 15 is 0 Å². The predicted molar refractivity (Wildman–Crippen MR) is 143 cm³/mol. The van der Waals surface area contributed by atoms with Crippen LogP contribution in [-0.2, 0) is 16.1 Å². The Hall–Kier alpha value is -3.36. The maximum Gasteiger partial charge on any atom is 0.266 e. The molecule has 3 atom stereocenters. The van der Waals surface area contributed by atoms with Crippen molar-refractivity contribution in [3.63, 3.8) is 0 Å². The van der Waals surface area contributed by atoms with Crippen molar-refractivity contribution in [2.24, 2.45) is 0 Å². The number of carbonyl (C=O) groups is 2. The van der Waals surface area contributed by atoms with Crippen LogP contribution in [0, 0.1) is 0 Å². The molecule has 2 fully saturated rings. The Bertz CT molecular complexity index is 1270. The average Bonchev–Trinajstić information content (AvgIpc) is 3.23. The minimum atomic E-state index is -0.572. The largest absolute Gasteiger partial charge is 0.392 e. The maximum absolute atomic E-state index is 12.9. The number of imide groups is 1. The Labute approximate surface area is 222 Å². The standard InChI is InChI=1S/C31H32N2O5/c34-20-21-8-10-22(11-9-21)28-18-25(19-32-16-4-1-5-17-32)37-31(38-28)23-12-14-24(15-13-23)33-29(35)26-6-2-3-7-27(26)30(33)36/h2-3,6-15,25,28,31,34H,1,4-5,16-20H2/t25-,28+,31+/m1/s1. The van der Waals surface area contributed by atoms with E-state index in [1.54, 1.807) is 36.4 Å². The fourth-order valence-electron chi connectivity index (χ4n) is 5.67. The Morgan fingerprint density at radius 2 is 1.39 bits per heavy atom. The van der Waals surface area contributed by atoms with Crippen LogP contribution in [0.4, 0.5) is 5.69 Å². The first-order chi connectivity index (χ1) is 18.6. The minimum absolute atomic E-state index is 0.00489. The summed E-state index contributed by atoms with van der Waals surface area (Å²) in [5, 5.41) is 9.44. The van der Waals surface area contributed by atoms with E-state index in [-0.39, 0.29) is 30.6 Å². The number of ether oxygens (including phenoxy) is 2. The van der Waals surface area contributed by atoms with E-state index in [0.717, 1.165) is 42.7 Å². The van der Waals surface area contributed by atoms with Crippen LogP contribution >= 0.6 is 0 Å². The van der Waals surface area contributed by atoms with Crippen molar-refractivity contribution in [1.82, 2.24) is 4.90 Å². The van der Waals surface area contributed by atoms with Crippen LogP contribution in [-0.4, -0.2) is 47.6 Å². The number of likely N-dealkylation sites (tertiary alicyclic amines) is 1. The predicted octanol–water partition coefficient (Wildman–Crippen LogP) is 5.01. The molecule has 7 nitrogen and oxygen atoms in total. The van der Waals surface area contributed by atoms with E-state index in [4.69, 9.17) is 9.47 Å². The molecule has 0 spiro atoms. The molecule has 38 heavy (non-hydrogen) atoms. The van der Waals surface area contributed by atoms with Crippen molar-refractivity contribution in [3.8, 4) is 0 Å². The second-order valence-corrected chi connectivity index (χ2v) is 10.3. The van der Waals surface area contributed by atoms with E-state index in [1.807, 2.05) is 36.4 Å². The summed E-state index contributed by atoms with van der Waals surface area (Å²) in [5.74, 6) is -0.618. The third kappa shape index (κ3) is 4.90. The van der Waals surface area contributed by atoms with Crippen LogP contribution in [0.1, 0.15) is 75.5 Å². The van der Waals surface area contributed by atoms with E-state index in [1.165, 1.54) is 24.2 Å². The van der Waals surface area contributed by atoms with Crippen molar-refractivity contribution in [1.29, 1.82) is 0 Å². The van der Waals surface area contributed by atoms with Crippen LogP contribution in [0.3, 0.4) is 0 Å². The summed E-state index contributed by atoms with van der Waals surface area (Å²) in [4.78, 5) is 29.5. The molecule has 3 aliphatic heterocycles. The van der Waals surface area contributed by atoms with Crippen LogP contribution in [0.2, 0.25) is 0 Å². The van der Waals surface area contributed by atoms with Gasteiger partial charge in [0.25, 0.3) is 11.8 Å². The first-order valence-corrected chi connectivity index (χ1v) is 13.4. The highest BCUT2D eigenvalue weighted by Crippen LogP contribution is 2.39. The Kier molecular flexibility index (Phi) is 7.08. The third-order valence-electron chi connectivity index (χ3n) is 7.74. The zero-order valence-corrected chi connectivity index (χ0v) is 21.3. The number of piperidine rings is 1. The summed E-state index contributed by atoms with van der Waals surface area (Å²) in [5.41, 5.74) is 4.14. The lowest BCUT2D eigenvalue weighted by atomic mass is 9.99. The molecule has 0 aromatic heterocycles. The Morgan fingerprint density at radius 3 is 2.03 bits per heavy atom. The smallest absolute Gasteiger partial charge is 0.266 e. The van der Waals surface area contributed by atoms with Gasteiger partial charge in [0.2, 0.25) is 0 Å². The van der Waals surface area contributed by atoms with E-state index in [2.05, 4.69) is 4.90 Å². The van der Waals surface area contributed by atoms with Crippen molar-refractivity contribution < 1.29 is 24.2 Å². The zero-order valence-electron chi connectivity index (χ0n) is 21.3. The number of aliphatic hydroxyl groups is 1. The quantitative estimate of drug-likeness (QED) is 0.468. The van der Waals surface area contributed by atoms with Crippen molar-refractivity contribution in [2.75, 3.05) is 24.5 Å². The number of hydrogen-bond donors (Lipinski definition) is 1. The number of aliphatic hydroxyl groups excluding tert-OH is 1. The summed E-state index contributed by atoms with van der Waals surface area (Å²) in [7, 11) is 0. The number of nitrogens with zero attached hydrogens (tertiary/aromatic N) is 2. The number of amides is 2. The number of rotatable bonds is 6. The lowest BCUT2D eigenvalue weighted by Gasteiger charge is -2.39. The molecule has 3 heterocycles. The van der Waals surface area contributed by atoms with Gasteiger partial charge in [0.1, 0.15) is 0 Å². The van der Waals surface area contributed by atoms with E-state index < -0.39 is 6.29 Å².